The van der Waals surface area contributed by atoms with Crippen LogP contribution in [0.1, 0.15) is 12.6 Å². The first kappa shape index (κ1) is 10.2. The zero-order chi connectivity index (χ0) is 10.4. The SMILES string of the molecule is C=C(N/N=C\C)c1ccc(OC)cn1. The van der Waals surface area contributed by atoms with Crippen LogP contribution in [-0.4, -0.2) is 18.3 Å². The number of ether oxygens (including phenoxy) is 1. The van der Waals surface area contributed by atoms with Gasteiger partial charge in [-0.1, -0.05) is 6.58 Å². The lowest BCUT2D eigenvalue weighted by molar-refractivity contribution is 0.413. The second-order valence-corrected chi connectivity index (χ2v) is 2.56. The second-order valence-electron chi connectivity index (χ2n) is 2.56. The minimum absolute atomic E-state index is 0.658. The molecule has 4 heteroatoms. The third-order valence-corrected chi connectivity index (χ3v) is 1.61. The van der Waals surface area contributed by atoms with Gasteiger partial charge in [0.05, 0.1) is 24.7 Å². The van der Waals surface area contributed by atoms with Gasteiger partial charge < -0.3 is 4.74 Å². The van der Waals surface area contributed by atoms with Crippen LogP contribution in [0.2, 0.25) is 0 Å². The van der Waals surface area contributed by atoms with Crippen LogP contribution in [0.25, 0.3) is 5.70 Å². The van der Waals surface area contributed by atoms with E-state index in [1.807, 2.05) is 19.1 Å². The third kappa shape index (κ3) is 2.58. The molecule has 1 rings (SSSR count). The Kier molecular flexibility index (Phi) is 3.67. The van der Waals surface area contributed by atoms with Crippen molar-refractivity contribution in [2.24, 2.45) is 5.10 Å². The fourth-order valence-corrected chi connectivity index (χ4v) is 0.879. The Balaban J connectivity index is 2.71. The van der Waals surface area contributed by atoms with Gasteiger partial charge in [-0.3, -0.25) is 10.4 Å². The fourth-order valence-electron chi connectivity index (χ4n) is 0.879. The van der Waals surface area contributed by atoms with Gasteiger partial charge >= 0.3 is 0 Å². The molecular formula is C10H13N3O. The van der Waals surface area contributed by atoms with Crippen molar-refractivity contribution in [3.05, 3.63) is 30.6 Å². The Labute approximate surface area is 83.3 Å². The van der Waals surface area contributed by atoms with E-state index in [9.17, 15) is 0 Å². The summed E-state index contributed by atoms with van der Waals surface area (Å²) in [5.74, 6) is 0.723. The summed E-state index contributed by atoms with van der Waals surface area (Å²) in [7, 11) is 1.60. The van der Waals surface area contributed by atoms with Gasteiger partial charge in [-0.25, -0.2) is 0 Å². The van der Waals surface area contributed by atoms with E-state index in [1.54, 1.807) is 19.5 Å². The molecule has 0 aromatic carbocycles. The first-order chi connectivity index (χ1) is 6.77. The van der Waals surface area contributed by atoms with Crippen LogP contribution in [0.15, 0.2) is 30.0 Å². The number of pyridine rings is 1. The van der Waals surface area contributed by atoms with Gasteiger partial charge in [0.15, 0.2) is 0 Å². The Morgan fingerprint density at radius 2 is 2.43 bits per heavy atom. The van der Waals surface area contributed by atoms with Crippen molar-refractivity contribution < 1.29 is 4.74 Å². The Bertz CT molecular complexity index is 330. The molecule has 0 aliphatic carbocycles. The van der Waals surface area contributed by atoms with E-state index in [0.29, 0.717) is 5.70 Å². The Hall–Kier alpha value is -1.84. The van der Waals surface area contributed by atoms with Crippen molar-refractivity contribution >= 4 is 11.9 Å². The quantitative estimate of drug-likeness (QED) is 0.581. The van der Waals surface area contributed by atoms with Gasteiger partial charge in [0.2, 0.25) is 0 Å². The largest absolute Gasteiger partial charge is 0.495 e. The highest BCUT2D eigenvalue weighted by molar-refractivity contribution is 5.60. The number of methoxy groups -OCH3 is 1. The molecule has 14 heavy (non-hydrogen) atoms. The maximum Gasteiger partial charge on any atom is 0.137 e. The summed E-state index contributed by atoms with van der Waals surface area (Å²) in [6, 6.07) is 3.64. The second kappa shape index (κ2) is 5.01. The van der Waals surface area contributed by atoms with Crippen molar-refractivity contribution in [1.82, 2.24) is 10.4 Å². The van der Waals surface area contributed by atoms with E-state index in [0.717, 1.165) is 11.4 Å². The van der Waals surface area contributed by atoms with E-state index >= 15 is 0 Å². The lowest BCUT2D eigenvalue weighted by Crippen LogP contribution is -2.04. The van der Waals surface area contributed by atoms with Crippen LogP contribution in [-0.2, 0) is 0 Å². The number of hydrogen-bond donors (Lipinski definition) is 1. The Morgan fingerprint density at radius 3 is 2.93 bits per heavy atom. The zero-order valence-corrected chi connectivity index (χ0v) is 8.32. The minimum atomic E-state index is 0.658. The molecule has 0 aliphatic rings. The molecule has 0 aliphatic heterocycles. The van der Waals surface area contributed by atoms with E-state index in [2.05, 4.69) is 22.1 Å². The van der Waals surface area contributed by atoms with Gasteiger partial charge in [0.1, 0.15) is 5.75 Å². The standard InChI is InChI=1S/C10H13N3O/c1-4-12-13-8(2)10-6-5-9(14-3)7-11-10/h4-7,13H,2H2,1,3H3/b12-4-. The molecule has 0 fully saturated rings. The van der Waals surface area contributed by atoms with Gasteiger partial charge in [0.25, 0.3) is 0 Å². The molecule has 74 valence electrons. The predicted octanol–water partition coefficient (Wildman–Crippen LogP) is 1.66. The average Bonchev–Trinajstić information content (AvgIpc) is 2.26. The molecular weight excluding hydrogens is 178 g/mol. The summed E-state index contributed by atoms with van der Waals surface area (Å²) in [5.41, 5.74) is 4.16. The molecule has 0 unspecified atom stereocenters. The molecule has 0 amide bonds. The third-order valence-electron chi connectivity index (χ3n) is 1.61. The summed E-state index contributed by atoms with van der Waals surface area (Å²) in [5, 5.41) is 3.84. The number of hydrogen-bond acceptors (Lipinski definition) is 4. The molecule has 1 aromatic heterocycles. The molecule has 4 nitrogen and oxygen atoms in total. The van der Waals surface area contributed by atoms with Gasteiger partial charge in [-0.05, 0) is 19.1 Å². The Morgan fingerprint density at radius 1 is 1.64 bits per heavy atom. The summed E-state index contributed by atoms with van der Waals surface area (Å²) >= 11 is 0. The van der Waals surface area contributed by atoms with Crippen molar-refractivity contribution in [2.45, 2.75) is 6.92 Å². The summed E-state index contributed by atoms with van der Waals surface area (Å²) in [4.78, 5) is 4.14. The topological polar surface area (TPSA) is 46.5 Å². The highest BCUT2D eigenvalue weighted by Gasteiger charge is 1.98. The zero-order valence-electron chi connectivity index (χ0n) is 8.32. The molecule has 1 N–H and O–H groups in total. The average molecular weight is 191 g/mol. The van der Waals surface area contributed by atoms with E-state index in [1.165, 1.54) is 0 Å². The van der Waals surface area contributed by atoms with Crippen molar-refractivity contribution in [1.29, 1.82) is 0 Å². The van der Waals surface area contributed by atoms with Gasteiger partial charge in [-0.15, -0.1) is 0 Å². The number of hydrazone groups is 1. The van der Waals surface area contributed by atoms with E-state index in [4.69, 9.17) is 4.74 Å². The molecule has 1 heterocycles. The lowest BCUT2D eigenvalue weighted by atomic mass is 10.3. The number of nitrogens with one attached hydrogen (secondary N) is 1. The molecule has 0 spiro atoms. The van der Waals surface area contributed by atoms with Crippen LogP contribution in [0.4, 0.5) is 0 Å². The monoisotopic (exact) mass is 191 g/mol. The fraction of sp³-hybridized carbons (Fsp3) is 0.200. The maximum atomic E-state index is 4.99. The number of nitrogens with zero attached hydrogens (tertiary/aromatic N) is 2. The molecule has 0 radical (unpaired) electrons. The van der Waals surface area contributed by atoms with Gasteiger partial charge in [0, 0.05) is 6.21 Å². The molecule has 0 bridgehead atoms. The van der Waals surface area contributed by atoms with Crippen LogP contribution < -0.4 is 10.2 Å². The normalized spacial score (nSPS) is 10.1. The highest BCUT2D eigenvalue weighted by Crippen LogP contribution is 2.11. The first-order valence-corrected chi connectivity index (χ1v) is 4.21. The molecule has 0 saturated heterocycles. The van der Waals surface area contributed by atoms with Crippen LogP contribution in [0, 0.1) is 0 Å². The van der Waals surface area contributed by atoms with Crippen LogP contribution in [0.3, 0.4) is 0 Å². The van der Waals surface area contributed by atoms with Crippen molar-refractivity contribution in [3.8, 4) is 5.75 Å². The summed E-state index contributed by atoms with van der Waals surface area (Å²) in [6.45, 7) is 5.61. The number of aromatic nitrogens is 1. The number of rotatable bonds is 4. The smallest absolute Gasteiger partial charge is 0.137 e. The van der Waals surface area contributed by atoms with Crippen molar-refractivity contribution in [2.75, 3.05) is 7.11 Å². The summed E-state index contributed by atoms with van der Waals surface area (Å²) in [6.07, 6.45) is 3.28. The maximum absolute atomic E-state index is 4.99. The molecule has 0 atom stereocenters. The van der Waals surface area contributed by atoms with E-state index < -0.39 is 0 Å². The van der Waals surface area contributed by atoms with Crippen LogP contribution >= 0.6 is 0 Å². The van der Waals surface area contributed by atoms with Gasteiger partial charge in [-0.2, -0.15) is 5.10 Å². The molecule has 0 saturated carbocycles. The predicted molar refractivity (Wildman–Crippen MR) is 57.1 cm³/mol. The van der Waals surface area contributed by atoms with Crippen molar-refractivity contribution in [3.63, 3.8) is 0 Å². The first-order valence-electron chi connectivity index (χ1n) is 4.21. The van der Waals surface area contributed by atoms with Crippen LogP contribution in [0.5, 0.6) is 5.75 Å². The minimum Gasteiger partial charge on any atom is -0.495 e. The summed E-state index contributed by atoms with van der Waals surface area (Å²) < 4.78 is 4.99. The van der Waals surface area contributed by atoms with E-state index in [-0.39, 0.29) is 0 Å². The lowest BCUT2D eigenvalue weighted by Gasteiger charge is -2.04. The highest BCUT2D eigenvalue weighted by atomic mass is 16.5. The molecule has 1 aromatic rings.